The van der Waals surface area contributed by atoms with E-state index < -0.39 is 0 Å². The van der Waals surface area contributed by atoms with E-state index in [0.717, 1.165) is 27.5 Å². The average Bonchev–Trinajstić information content (AvgIpc) is 3.04. The highest BCUT2D eigenvalue weighted by atomic mass is 16.5. The number of rotatable bonds is 1. The molecule has 3 aromatic rings. The summed E-state index contributed by atoms with van der Waals surface area (Å²) < 4.78 is 5.81. The lowest BCUT2D eigenvalue weighted by atomic mass is 9.88. The summed E-state index contributed by atoms with van der Waals surface area (Å²) in [5.41, 5.74) is 2.68. The fourth-order valence-corrected chi connectivity index (χ4v) is 2.80. The molecule has 1 atom stereocenters. The molecular formula is C19H19N3O. The van der Waals surface area contributed by atoms with Gasteiger partial charge in [0.05, 0.1) is 17.1 Å². The van der Waals surface area contributed by atoms with Crippen LogP contribution in [0, 0.1) is 5.41 Å². The van der Waals surface area contributed by atoms with Gasteiger partial charge in [0, 0.05) is 17.0 Å². The van der Waals surface area contributed by atoms with E-state index in [1.807, 2.05) is 12.1 Å². The van der Waals surface area contributed by atoms with Gasteiger partial charge in [-0.15, -0.1) is 0 Å². The van der Waals surface area contributed by atoms with E-state index in [-0.39, 0.29) is 11.5 Å². The van der Waals surface area contributed by atoms with Crippen LogP contribution in [0.4, 0.5) is 0 Å². The number of nitrogens with zero attached hydrogens (tertiary/aromatic N) is 3. The maximum absolute atomic E-state index is 5.81. The summed E-state index contributed by atoms with van der Waals surface area (Å²) in [6, 6.07) is 12.3. The lowest BCUT2D eigenvalue weighted by Crippen LogP contribution is -2.25. The van der Waals surface area contributed by atoms with Gasteiger partial charge in [0.25, 0.3) is 0 Å². The molecule has 2 aromatic heterocycles. The molecule has 0 aliphatic carbocycles. The first-order valence-corrected chi connectivity index (χ1v) is 7.88. The van der Waals surface area contributed by atoms with Crippen molar-refractivity contribution in [3.05, 3.63) is 48.3 Å². The zero-order chi connectivity index (χ0) is 16.0. The minimum Gasteiger partial charge on any atom is -0.474 e. The lowest BCUT2D eigenvalue weighted by Gasteiger charge is -2.21. The van der Waals surface area contributed by atoms with Crippen LogP contribution >= 0.6 is 0 Å². The number of hydrogen-bond acceptors (Lipinski definition) is 4. The zero-order valence-corrected chi connectivity index (χ0v) is 13.6. The Kier molecular flexibility index (Phi) is 3.08. The van der Waals surface area contributed by atoms with Crippen LogP contribution in [0.15, 0.2) is 47.6 Å². The van der Waals surface area contributed by atoms with E-state index in [9.17, 15) is 0 Å². The Bertz CT molecular complexity index is 925. The molecule has 4 heteroatoms. The highest BCUT2D eigenvalue weighted by Crippen LogP contribution is 2.28. The smallest absolute Gasteiger partial charge is 0.235 e. The minimum atomic E-state index is 0.0901. The molecule has 0 bridgehead atoms. The molecule has 1 aliphatic heterocycles. The van der Waals surface area contributed by atoms with Gasteiger partial charge < -0.3 is 4.74 Å². The van der Waals surface area contributed by atoms with Crippen molar-refractivity contribution in [3.8, 4) is 0 Å². The lowest BCUT2D eigenvalue weighted by molar-refractivity contribution is 0.235. The van der Waals surface area contributed by atoms with E-state index in [2.05, 4.69) is 50.0 Å². The van der Waals surface area contributed by atoms with Crippen LogP contribution in [-0.4, -0.2) is 28.5 Å². The Balaban J connectivity index is 1.85. The number of aliphatic imine (C=N–C) groups is 1. The standard InChI is InChI=1S/C19H19N3O/c1-19(2,3)15-11-23-18(22-15)14-9-8-13-7-6-12-5-4-10-20-16(12)17(13)21-14/h4-10,15H,11H2,1-3H3/t15-/m0/s1. The zero-order valence-electron chi connectivity index (χ0n) is 13.6. The van der Waals surface area contributed by atoms with E-state index in [1.165, 1.54) is 0 Å². The van der Waals surface area contributed by atoms with E-state index in [4.69, 9.17) is 14.7 Å². The molecule has 1 aliphatic rings. The highest BCUT2D eigenvalue weighted by molar-refractivity contribution is 6.04. The summed E-state index contributed by atoms with van der Waals surface area (Å²) in [6.45, 7) is 7.16. The van der Waals surface area contributed by atoms with Gasteiger partial charge in [0.2, 0.25) is 5.90 Å². The van der Waals surface area contributed by atoms with Crippen molar-refractivity contribution in [3.63, 3.8) is 0 Å². The Morgan fingerprint density at radius 2 is 1.74 bits per heavy atom. The van der Waals surface area contributed by atoms with Gasteiger partial charge in [0.15, 0.2) is 0 Å². The van der Waals surface area contributed by atoms with Gasteiger partial charge in [-0.05, 0) is 17.5 Å². The second-order valence-corrected chi connectivity index (χ2v) is 7.04. The number of benzene rings is 1. The van der Waals surface area contributed by atoms with E-state index in [0.29, 0.717) is 12.5 Å². The average molecular weight is 305 g/mol. The fraction of sp³-hybridized carbons (Fsp3) is 0.316. The number of fused-ring (bicyclic) bond motifs is 3. The first-order valence-electron chi connectivity index (χ1n) is 7.88. The molecule has 4 nitrogen and oxygen atoms in total. The first-order chi connectivity index (χ1) is 11.0. The molecule has 23 heavy (non-hydrogen) atoms. The first kappa shape index (κ1) is 14.1. The molecule has 0 amide bonds. The predicted octanol–water partition coefficient (Wildman–Crippen LogP) is 3.97. The minimum absolute atomic E-state index is 0.0901. The third-order valence-corrected chi connectivity index (χ3v) is 4.30. The van der Waals surface area contributed by atoms with Crippen LogP contribution in [-0.2, 0) is 4.74 Å². The van der Waals surface area contributed by atoms with Crippen LogP contribution < -0.4 is 0 Å². The monoisotopic (exact) mass is 305 g/mol. The molecule has 0 saturated heterocycles. The van der Waals surface area contributed by atoms with Gasteiger partial charge in [-0.2, -0.15) is 0 Å². The van der Waals surface area contributed by atoms with Crippen LogP contribution in [0.1, 0.15) is 26.5 Å². The van der Waals surface area contributed by atoms with Gasteiger partial charge in [-0.25, -0.2) is 9.98 Å². The molecular weight excluding hydrogens is 286 g/mol. The number of hydrogen-bond donors (Lipinski definition) is 0. The largest absolute Gasteiger partial charge is 0.474 e. The van der Waals surface area contributed by atoms with Gasteiger partial charge >= 0.3 is 0 Å². The Hall–Kier alpha value is -2.49. The third kappa shape index (κ3) is 2.44. The van der Waals surface area contributed by atoms with Gasteiger partial charge in [-0.3, -0.25) is 4.98 Å². The van der Waals surface area contributed by atoms with E-state index in [1.54, 1.807) is 6.20 Å². The normalized spacial score (nSPS) is 18.2. The van der Waals surface area contributed by atoms with Crippen molar-refractivity contribution in [2.75, 3.05) is 6.61 Å². The van der Waals surface area contributed by atoms with Gasteiger partial charge in [-0.1, -0.05) is 45.0 Å². The molecule has 0 N–H and O–H groups in total. The summed E-state index contributed by atoms with van der Waals surface area (Å²) in [5, 5.41) is 2.16. The Labute approximate surface area is 135 Å². The molecule has 0 saturated carbocycles. The van der Waals surface area contributed by atoms with Crippen LogP contribution in [0.3, 0.4) is 0 Å². The molecule has 0 unspecified atom stereocenters. The van der Waals surface area contributed by atoms with Crippen molar-refractivity contribution < 1.29 is 4.74 Å². The highest BCUT2D eigenvalue weighted by Gasteiger charge is 2.31. The quantitative estimate of drug-likeness (QED) is 0.639. The summed E-state index contributed by atoms with van der Waals surface area (Å²) >= 11 is 0. The fourth-order valence-electron chi connectivity index (χ4n) is 2.80. The van der Waals surface area contributed by atoms with Crippen molar-refractivity contribution in [1.29, 1.82) is 0 Å². The molecule has 116 valence electrons. The van der Waals surface area contributed by atoms with Gasteiger partial charge in [0.1, 0.15) is 12.3 Å². The molecule has 3 heterocycles. The summed E-state index contributed by atoms with van der Waals surface area (Å²) in [6.07, 6.45) is 1.80. The van der Waals surface area contributed by atoms with Crippen molar-refractivity contribution in [2.24, 2.45) is 10.4 Å². The third-order valence-electron chi connectivity index (χ3n) is 4.30. The van der Waals surface area contributed by atoms with Crippen molar-refractivity contribution in [1.82, 2.24) is 9.97 Å². The summed E-state index contributed by atoms with van der Waals surface area (Å²) in [7, 11) is 0. The molecule has 0 fully saturated rings. The maximum atomic E-state index is 5.81. The van der Waals surface area contributed by atoms with E-state index >= 15 is 0 Å². The molecule has 4 rings (SSSR count). The second kappa shape index (κ2) is 5.01. The SMILES string of the molecule is CC(C)(C)[C@@H]1COC(c2ccc3ccc4cccnc4c3n2)=N1. The summed E-state index contributed by atoms with van der Waals surface area (Å²) in [5.74, 6) is 0.639. The second-order valence-electron chi connectivity index (χ2n) is 7.04. The van der Waals surface area contributed by atoms with Crippen molar-refractivity contribution in [2.45, 2.75) is 26.8 Å². The predicted molar refractivity (Wildman–Crippen MR) is 92.8 cm³/mol. The molecule has 0 radical (unpaired) electrons. The van der Waals surface area contributed by atoms with Crippen LogP contribution in [0.25, 0.3) is 21.8 Å². The number of aromatic nitrogens is 2. The van der Waals surface area contributed by atoms with Crippen molar-refractivity contribution >= 4 is 27.7 Å². The molecule has 0 spiro atoms. The number of ether oxygens (including phenoxy) is 1. The number of pyridine rings is 2. The Morgan fingerprint density at radius 1 is 1.00 bits per heavy atom. The summed E-state index contributed by atoms with van der Waals surface area (Å²) in [4.78, 5) is 14.0. The maximum Gasteiger partial charge on any atom is 0.235 e. The van der Waals surface area contributed by atoms with Crippen LogP contribution in [0.2, 0.25) is 0 Å². The Morgan fingerprint density at radius 3 is 2.48 bits per heavy atom. The topological polar surface area (TPSA) is 47.4 Å². The van der Waals surface area contributed by atoms with Crippen LogP contribution in [0.5, 0.6) is 0 Å². The molecule has 1 aromatic carbocycles.